The van der Waals surface area contributed by atoms with Crippen LogP contribution in [-0.4, -0.2) is 15.5 Å². The second kappa shape index (κ2) is 9.43. The van der Waals surface area contributed by atoms with Crippen molar-refractivity contribution in [3.63, 3.8) is 0 Å². The Kier molecular flexibility index (Phi) is 6.20. The molecule has 1 aliphatic rings. The van der Waals surface area contributed by atoms with Crippen LogP contribution in [0.4, 0.5) is 5.69 Å². The molecule has 0 saturated heterocycles. The molecule has 0 unspecified atom stereocenters. The van der Waals surface area contributed by atoms with Gasteiger partial charge in [-0.1, -0.05) is 42.8 Å². The van der Waals surface area contributed by atoms with Gasteiger partial charge in [-0.15, -0.1) is 11.3 Å². The van der Waals surface area contributed by atoms with Crippen LogP contribution in [0.1, 0.15) is 51.4 Å². The second-order valence-electron chi connectivity index (χ2n) is 8.76. The van der Waals surface area contributed by atoms with E-state index in [1.165, 1.54) is 11.3 Å². The minimum atomic E-state index is -0.256. The lowest BCUT2D eigenvalue weighted by molar-refractivity contribution is 0.102. The summed E-state index contributed by atoms with van der Waals surface area (Å²) in [6.07, 6.45) is 3.92. The zero-order valence-corrected chi connectivity index (χ0v) is 20.2. The highest BCUT2D eigenvalue weighted by Gasteiger charge is 2.23. The quantitative estimate of drug-likeness (QED) is 0.408. The van der Waals surface area contributed by atoms with Gasteiger partial charge < -0.3 is 10.1 Å². The van der Waals surface area contributed by atoms with Crippen molar-refractivity contribution >= 4 is 33.1 Å². The molecule has 0 aliphatic carbocycles. The highest BCUT2D eigenvalue weighted by atomic mass is 32.1. The Morgan fingerprint density at radius 2 is 1.94 bits per heavy atom. The smallest absolute Gasteiger partial charge is 0.266 e. The molecule has 4 aromatic rings. The van der Waals surface area contributed by atoms with Gasteiger partial charge in [-0.2, -0.15) is 0 Å². The average molecular weight is 474 g/mol. The molecule has 0 bridgehead atoms. The zero-order chi connectivity index (χ0) is 23.7. The number of ether oxygens (including phenoxy) is 1. The van der Waals surface area contributed by atoms with E-state index in [2.05, 4.69) is 5.32 Å². The molecule has 1 amide bonds. The molecular formula is C27H27N3O3S. The first-order valence-corrected chi connectivity index (χ1v) is 12.4. The summed E-state index contributed by atoms with van der Waals surface area (Å²) in [5.74, 6) is 1.19. The fourth-order valence-corrected chi connectivity index (χ4v) is 5.48. The van der Waals surface area contributed by atoms with Crippen LogP contribution in [-0.2, 0) is 19.6 Å². The highest BCUT2D eigenvalue weighted by Crippen LogP contribution is 2.31. The van der Waals surface area contributed by atoms with Crippen LogP contribution < -0.4 is 15.6 Å². The van der Waals surface area contributed by atoms with E-state index in [4.69, 9.17) is 9.72 Å². The van der Waals surface area contributed by atoms with Crippen LogP contribution in [0.25, 0.3) is 10.2 Å². The van der Waals surface area contributed by atoms with Crippen molar-refractivity contribution in [1.29, 1.82) is 0 Å². The van der Waals surface area contributed by atoms with Gasteiger partial charge in [0.2, 0.25) is 0 Å². The van der Waals surface area contributed by atoms with E-state index in [-0.39, 0.29) is 11.5 Å². The van der Waals surface area contributed by atoms with Crippen molar-refractivity contribution < 1.29 is 9.53 Å². The predicted molar refractivity (Wildman–Crippen MR) is 136 cm³/mol. The third kappa shape index (κ3) is 4.35. The average Bonchev–Trinajstić information content (AvgIpc) is 3.00. The van der Waals surface area contributed by atoms with Crippen molar-refractivity contribution in [2.75, 3.05) is 5.32 Å². The summed E-state index contributed by atoms with van der Waals surface area (Å²) in [6.45, 7) is 4.92. The molecule has 5 rings (SSSR count). The normalized spacial score (nSPS) is 13.4. The van der Waals surface area contributed by atoms with E-state index >= 15 is 0 Å². The minimum Gasteiger partial charge on any atom is -0.487 e. The van der Waals surface area contributed by atoms with E-state index in [9.17, 15) is 9.59 Å². The third-order valence-electron chi connectivity index (χ3n) is 6.24. The van der Waals surface area contributed by atoms with Crippen LogP contribution in [0.5, 0.6) is 5.75 Å². The van der Waals surface area contributed by atoms with Crippen molar-refractivity contribution in [1.82, 2.24) is 9.55 Å². The summed E-state index contributed by atoms with van der Waals surface area (Å²) in [6, 6.07) is 15.6. The SMILES string of the molecule is Cc1ccc(NC(=O)c2sc3nc4n(c(=O)c3c2C)CCCCC4)c(OCc2ccccc2)c1. The number of carbonyl (C=O) groups is 1. The topological polar surface area (TPSA) is 73.2 Å². The molecule has 3 heterocycles. The summed E-state index contributed by atoms with van der Waals surface area (Å²) < 4.78 is 7.85. The number of aryl methyl sites for hydroxylation is 3. The van der Waals surface area contributed by atoms with Crippen LogP contribution in [0.15, 0.2) is 53.3 Å². The Labute approximate surface area is 202 Å². The van der Waals surface area contributed by atoms with Crippen molar-refractivity contribution in [2.24, 2.45) is 0 Å². The van der Waals surface area contributed by atoms with Gasteiger partial charge in [-0.25, -0.2) is 4.98 Å². The van der Waals surface area contributed by atoms with Crippen molar-refractivity contribution in [2.45, 2.75) is 52.7 Å². The van der Waals surface area contributed by atoms with E-state index in [0.29, 0.717) is 45.2 Å². The molecule has 0 saturated carbocycles. The molecule has 0 radical (unpaired) electrons. The molecule has 7 heteroatoms. The number of anilines is 1. The summed E-state index contributed by atoms with van der Waals surface area (Å²) in [4.78, 5) is 32.5. The summed E-state index contributed by atoms with van der Waals surface area (Å²) >= 11 is 1.29. The van der Waals surface area contributed by atoms with Crippen molar-refractivity contribution in [3.05, 3.63) is 86.3 Å². The molecule has 2 aromatic heterocycles. The monoisotopic (exact) mass is 473 g/mol. The van der Waals surface area contributed by atoms with Crippen LogP contribution in [0.2, 0.25) is 0 Å². The molecule has 0 fully saturated rings. The van der Waals surface area contributed by atoms with Gasteiger partial charge in [-0.05, 0) is 55.5 Å². The van der Waals surface area contributed by atoms with Gasteiger partial charge in [0.05, 0.1) is 16.0 Å². The Balaban J connectivity index is 1.44. The number of thiophene rings is 1. The molecule has 1 aliphatic heterocycles. The van der Waals surface area contributed by atoms with Crippen LogP contribution in [0, 0.1) is 13.8 Å². The maximum atomic E-state index is 13.3. The van der Waals surface area contributed by atoms with E-state index < -0.39 is 0 Å². The number of benzene rings is 2. The minimum absolute atomic E-state index is 0.0306. The maximum Gasteiger partial charge on any atom is 0.266 e. The molecule has 2 aromatic carbocycles. The van der Waals surface area contributed by atoms with E-state index in [1.54, 1.807) is 4.57 Å². The lowest BCUT2D eigenvalue weighted by Gasteiger charge is -2.13. The number of hydrogen-bond acceptors (Lipinski definition) is 5. The lowest BCUT2D eigenvalue weighted by Crippen LogP contribution is -2.24. The number of hydrogen-bond donors (Lipinski definition) is 1. The van der Waals surface area contributed by atoms with Gasteiger partial charge in [0, 0.05) is 13.0 Å². The number of nitrogens with one attached hydrogen (secondary N) is 1. The second-order valence-corrected chi connectivity index (χ2v) is 9.76. The zero-order valence-electron chi connectivity index (χ0n) is 19.4. The Morgan fingerprint density at radius 1 is 1.12 bits per heavy atom. The van der Waals surface area contributed by atoms with Gasteiger partial charge >= 0.3 is 0 Å². The summed E-state index contributed by atoms with van der Waals surface area (Å²) in [7, 11) is 0. The molecule has 0 spiro atoms. The lowest BCUT2D eigenvalue weighted by atomic mass is 10.1. The first kappa shape index (κ1) is 22.3. The number of carbonyl (C=O) groups excluding carboxylic acids is 1. The number of fused-ring (bicyclic) bond motifs is 2. The van der Waals surface area contributed by atoms with E-state index in [1.807, 2.05) is 62.4 Å². The fraction of sp³-hybridized carbons (Fsp3) is 0.296. The van der Waals surface area contributed by atoms with Gasteiger partial charge in [0.15, 0.2) is 0 Å². The van der Waals surface area contributed by atoms with Crippen LogP contribution >= 0.6 is 11.3 Å². The standard InChI is InChI=1S/C27H27N3O3S/c1-17-12-13-20(21(15-17)33-16-19-9-5-3-6-10-19)28-25(31)24-18(2)23-26(34-24)29-22-11-7-4-8-14-30(22)27(23)32/h3,5-6,9-10,12-13,15H,4,7-8,11,14,16H2,1-2H3,(H,28,31). The van der Waals surface area contributed by atoms with Gasteiger partial charge in [0.25, 0.3) is 11.5 Å². The Hall–Kier alpha value is -3.45. The maximum absolute atomic E-state index is 13.3. The number of nitrogens with zero attached hydrogens (tertiary/aromatic N) is 2. The van der Waals surface area contributed by atoms with Crippen molar-refractivity contribution in [3.8, 4) is 5.75 Å². The largest absolute Gasteiger partial charge is 0.487 e. The van der Waals surface area contributed by atoms with E-state index in [0.717, 1.165) is 42.6 Å². The summed E-state index contributed by atoms with van der Waals surface area (Å²) in [5, 5.41) is 3.56. The molecule has 6 nitrogen and oxygen atoms in total. The summed E-state index contributed by atoms with van der Waals surface area (Å²) in [5.41, 5.74) is 3.35. The third-order valence-corrected chi connectivity index (χ3v) is 7.42. The number of rotatable bonds is 5. The molecule has 174 valence electrons. The highest BCUT2D eigenvalue weighted by molar-refractivity contribution is 7.20. The Morgan fingerprint density at radius 3 is 2.76 bits per heavy atom. The molecule has 34 heavy (non-hydrogen) atoms. The Bertz CT molecular complexity index is 1420. The molecule has 1 N–H and O–H groups in total. The fourth-order valence-electron chi connectivity index (χ4n) is 4.39. The van der Waals surface area contributed by atoms with Crippen LogP contribution in [0.3, 0.4) is 0 Å². The molecule has 0 atom stereocenters. The van der Waals surface area contributed by atoms with Gasteiger partial charge in [-0.3, -0.25) is 14.2 Å². The first-order valence-electron chi connectivity index (χ1n) is 11.6. The van der Waals surface area contributed by atoms with Gasteiger partial charge in [0.1, 0.15) is 23.0 Å². The predicted octanol–water partition coefficient (Wildman–Crippen LogP) is 5.63. The number of amides is 1. The number of aromatic nitrogens is 2. The first-order chi connectivity index (χ1) is 16.5. The molecular weight excluding hydrogens is 446 g/mol.